The van der Waals surface area contributed by atoms with Gasteiger partial charge in [-0.15, -0.1) is 11.3 Å². The lowest BCUT2D eigenvalue weighted by atomic mass is 10.1. The Bertz CT molecular complexity index is 1930. The van der Waals surface area contributed by atoms with Gasteiger partial charge in [0.2, 0.25) is 10.0 Å². The third-order valence-electron chi connectivity index (χ3n) is 7.63. The third kappa shape index (κ3) is 5.07. The highest BCUT2D eigenvalue weighted by Crippen LogP contribution is 2.35. The summed E-state index contributed by atoms with van der Waals surface area (Å²) >= 11 is 7.77. The van der Waals surface area contributed by atoms with E-state index in [0.29, 0.717) is 37.7 Å². The van der Waals surface area contributed by atoms with E-state index < -0.39 is 10.0 Å². The van der Waals surface area contributed by atoms with E-state index in [1.54, 1.807) is 39.9 Å². The Labute approximate surface area is 248 Å². The molecule has 4 heterocycles. The number of pyridine rings is 1. The van der Waals surface area contributed by atoms with Crippen LogP contribution in [0.4, 0.5) is 0 Å². The average molecular weight is 599 g/mol. The van der Waals surface area contributed by atoms with Crippen LogP contribution in [0.5, 0.6) is 0 Å². The van der Waals surface area contributed by atoms with Gasteiger partial charge in [0.1, 0.15) is 5.65 Å². The Morgan fingerprint density at radius 3 is 2.29 bits per heavy atom. The Kier molecular flexibility index (Phi) is 6.89. The third-order valence-corrected chi connectivity index (χ3v) is 11.0. The number of benzene rings is 3. The maximum absolute atomic E-state index is 13.2. The molecule has 3 aromatic carbocycles. The van der Waals surface area contributed by atoms with E-state index in [-0.39, 0.29) is 4.90 Å². The molecule has 0 radical (unpaired) electrons. The number of aromatic nitrogens is 2. The van der Waals surface area contributed by atoms with E-state index in [1.807, 2.05) is 18.2 Å². The molecule has 1 saturated heterocycles. The molecule has 9 heteroatoms. The second-order valence-corrected chi connectivity index (χ2v) is 13.7. The summed E-state index contributed by atoms with van der Waals surface area (Å²) in [7, 11) is -3.57. The minimum atomic E-state index is -3.57. The fourth-order valence-corrected chi connectivity index (χ4v) is 8.04. The smallest absolute Gasteiger partial charge is 0.243 e. The predicted molar refractivity (Wildman–Crippen MR) is 167 cm³/mol. The van der Waals surface area contributed by atoms with Crippen LogP contribution >= 0.6 is 22.9 Å². The van der Waals surface area contributed by atoms with Crippen molar-refractivity contribution in [2.45, 2.75) is 11.4 Å². The minimum Gasteiger partial charge on any atom is -0.301 e. The molecule has 0 bridgehead atoms. The zero-order valence-electron chi connectivity index (χ0n) is 22.2. The number of piperazine rings is 1. The molecule has 206 valence electrons. The maximum Gasteiger partial charge on any atom is 0.243 e. The Balaban J connectivity index is 1.20. The molecular weight excluding hydrogens is 572 g/mol. The molecule has 1 aliphatic rings. The number of rotatable bonds is 6. The van der Waals surface area contributed by atoms with Crippen molar-refractivity contribution in [2.24, 2.45) is 0 Å². The largest absolute Gasteiger partial charge is 0.301 e. The molecule has 6 nitrogen and oxygen atoms in total. The molecule has 0 saturated carbocycles. The van der Waals surface area contributed by atoms with Crippen molar-refractivity contribution >= 4 is 48.7 Å². The Morgan fingerprint density at radius 2 is 1.54 bits per heavy atom. The molecule has 1 fully saturated rings. The number of thiophene rings is 1. The topological polar surface area (TPSA) is 57.9 Å². The number of sulfonamides is 1. The highest BCUT2D eigenvalue weighted by molar-refractivity contribution is 7.89. The Hall–Kier alpha value is -3.53. The van der Waals surface area contributed by atoms with E-state index in [1.165, 1.54) is 15.0 Å². The van der Waals surface area contributed by atoms with Crippen LogP contribution in [0.25, 0.3) is 37.4 Å². The lowest BCUT2D eigenvalue weighted by Crippen LogP contribution is -2.48. The van der Waals surface area contributed by atoms with Crippen LogP contribution in [0.3, 0.4) is 0 Å². The molecule has 3 aromatic heterocycles. The SMILES string of the molecule is O=S(=O)(c1ccc(Cl)cc1)N1CCN(Cc2c(-c3ccccc3)nc3ccc(-c4cc5ccccc5s4)cn23)CC1. The lowest BCUT2D eigenvalue weighted by Gasteiger charge is -2.34. The normalized spacial score (nSPS) is 15.1. The molecule has 0 spiro atoms. The van der Waals surface area contributed by atoms with Crippen LogP contribution in [0.1, 0.15) is 5.69 Å². The van der Waals surface area contributed by atoms with E-state index in [9.17, 15) is 8.42 Å². The van der Waals surface area contributed by atoms with Crippen molar-refractivity contribution in [3.05, 3.63) is 114 Å². The zero-order valence-corrected chi connectivity index (χ0v) is 24.5. The van der Waals surface area contributed by atoms with E-state index in [2.05, 4.69) is 70.1 Å². The predicted octanol–water partition coefficient (Wildman–Crippen LogP) is 7.04. The van der Waals surface area contributed by atoms with Gasteiger partial charge in [-0.05, 0) is 53.9 Å². The van der Waals surface area contributed by atoms with E-state index >= 15 is 0 Å². The van der Waals surface area contributed by atoms with E-state index in [4.69, 9.17) is 16.6 Å². The summed E-state index contributed by atoms with van der Waals surface area (Å²) < 4.78 is 31.5. The lowest BCUT2D eigenvalue weighted by molar-refractivity contribution is 0.180. The van der Waals surface area contributed by atoms with Gasteiger partial charge < -0.3 is 4.40 Å². The minimum absolute atomic E-state index is 0.275. The molecule has 0 amide bonds. The van der Waals surface area contributed by atoms with Crippen LogP contribution in [0, 0.1) is 0 Å². The summed E-state index contributed by atoms with van der Waals surface area (Å²) in [6.07, 6.45) is 2.19. The van der Waals surface area contributed by atoms with Gasteiger partial charge in [0.25, 0.3) is 0 Å². The molecule has 0 aliphatic carbocycles. The first kappa shape index (κ1) is 26.4. The fourth-order valence-electron chi connectivity index (χ4n) is 5.44. The summed E-state index contributed by atoms with van der Waals surface area (Å²) in [5.41, 5.74) is 5.17. The van der Waals surface area contributed by atoms with Crippen molar-refractivity contribution in [1.82, 2.24) is 18.6 Å². The molecule has 1 aliphatic heterocycles. The van der Waals surface area contributed by atoms with Crippen LogP contribution < -0.4 is 0 Å². The van der Waals surface area contributed by atoms with Gasteiger partial charge in [-0.25, -0.2) is 13.4 Å². The monoisotopic (exact) mass is 598 g/mol. The number of imidazole rings is 1. The second kappa shape index (κ2) is 10.7. The molecule has 0 atom stereocenters. The number of hydrogen-bond acceptors (Lipinski definition) is 5. The van der Waals surface area contributed by atoms with E-state index in [0.717, 1.165) is 28.2 Å². The van der Waals surface area contributed by atoms with Gasteiger partial charge in [-0.2, -0.15) is 4.31 Å². The second-order valence-electron chi connectivity index (χ2n) is 10.2. The van der Waals surface area contributed by atoms with Gasteiger partial charge in [-0.1, -0.05) is 60.1 Å². The van der Waals surface area contributed by atoms with Crippen molar-refractivity contribution < 1.29 is 8.42 Å². The summed E-state index contributed by atoms with van der Waals surface area (Å²) in [6, 6.07) is 31.6. The highest BCUT2D eigenvalue weighted by atomic mass is 35.5. The quantitative estimate of drug-likeness (QED) is 0.206. The standard InChI is InChI=1S/C32H27ClN4O2S2/c33-26-11-13-27(14-12-26)41(38,39)36-18-16-35(17-19-36)22-28-32(23-6-2-1-3-7-23)34-31-15-10-25(21-37(28)31)30-20-24-8-4-5-9-29(24)40-30/h1-15,20-21H,16-19,22H2. The summed E-state index contributed by atoms with van der Waals surface area (Å²) in [6.45, 7) is 2.77. The van der Waals surface area contributed by atoms with Gasteiger partial charge >= 0.3 is 0 Å². The maximum atomic E-state index is 13.2. The molecule has 7 rings (SSSR count). The van der Waals surface area contributed by atoms with Crippen molar-refractivity contribution in [3.8, 4) is 21.7 Å². The fraction of sp³-hybridized carbons (Fsp3) is 0.156. The number of halogens is 1. The summed E-state index contributed by atoms with van der Waals surface area (Å²) in [4.78, 5) is 8.86. The van der Waals surface area contributed by atoms with Gasteiger partial charge in [-0.3, -0.25) is 4.90 Å². The first-order valence-corrected chi connectivity index (χ1v) is 16.1. The van der Waals surface area contributed by atoms with Crippen molar-refractivity contribution in [1.29, 1.82) is 0 Å². The summed E-state index contributed by atoms with van der Waals surface area (Å²) in [5.74, 6) is 0. The summed E-state index contributed by atoms with van der Waals surface area (Å²) in [5, 5.41) is 1.77. The highest BCUT2D eigenvalue weighted by Gasteiger charge is 2.29. The molecular formula is C32H27ClN4O2S2. The first-order valence-electron chi connectivity index (χ1n) is 13.5. The molecule has 0 unspecified atom stereocenters. The van der Waals surface area contributed by atoms with Gasteiger partial charge in [0.15, 0.2) is 0 Å². The van der Waals surface area contributed by atoms with Gasteiger partial charge in [0.05, 0.1) is 16.3 Å². The van der Waals surface area contributed by atoms with Gasteiger partial charge in [0, 0.05) is 64.6 Å². The Morgan fingerprint density at radius 1 is 0.805 bits per heavy atom. The van der Waals surface area contributed by atoms with Crippen LogP contribution in [-0.4, -0.2) is 53.2 Å². The van der Waals surface area contributed by atoms with Crippen LogP contribution in [0.15, 0.2) is 108 Å². The number of hydrogen-bond donors (Lipinski definition) is 0. The first-order chi connectivity index (χ1) is 20.0. The van der Waals surface area contributed by atoms with Crippen molar-refractivity contribution in [3.63, 3.8) is 0 Å². The van der Waals surface area contributed by atoms with Crippen molar-refractivity contribution in [2.75, 3.05) is 26.2 Å². The average Bonchev–Trinajstić information content (AvgIpc) is 3.60. The number of fused-ring (bicyclic) bond motifs is 2. The molecule has 0 N–H and O–H groups in total. The van der Waals surface area contributed by atoms with Crippen LogP contribution in [-0.2, 0) is 16.6 Å². The zero-order chi connectivity index (χ0) is 28.0. The number of nitrogens with zero attached hydrogens (tertiary/aromatic N) is 4. The van der Waals surface area contributed by atoms with Crippen LogP contribution in [0.2, 0.25) is 5.02 Å². The molecule has 6 aromatic rings. The molecule has 41 heavy (non-hydrogen) atoms.